The molecule has 0 unspecified atom stereocenters. The number of hydrogen-bond acceptors (Lipinski definition) is 3. The topological polar surface area (TPSA) is 107 Å². The molecule has 0 aliphatic rings. The fourth-order valence-corrected chi connectivity index (χ4v) is 1.42. The van der Waals surface area contributed by atoms with Crippen LogP contribution >= 0.6 is 0 Å². The molecular weight excluding hydrogens is 283 g/mol. The van der Waals surface area contributed by atoms with Crippen LogP contribution in [0.3, 0.4) is 0 Å². The van der Waals surface area contributed by atoms with Gasteiger partial charge < -0.3 is 15.2 Å². The van der Waals surface area contributed by atoms with E-state index < -0.39 is 18.1 Å². The number of carbonyl (C=O) groups excluding carboxylic acids is 1. The molecule has 9 heteroatoms. The number of H-pyrrole nitrogens is 1. The average molecular weight is 295 g/mol. The smallest absolute Gasteiger partial charge is 0.478 e. The third-order valence-electron chi connectivity index (χ3n) is 2.25. The minimum atomic E-state index is -5.08. The van der Waals surface area contributed by atoms with Crippen molar-refractivity contribution in [3.8, 4) is 0 Å². The number of nitrogens with one attached hydrogen (secondary N) is 1. The van der Waals surface area contributed by atoms with Crippen molar-refractivity contribution in [1.82, 2.24) is 4.98 Å². The molecule has 0 amide bonds. The van der Waals surface area contributed by atoms with Crippen LogP contribution in [0, 0.1) is 13.8 Å². The van der Waals surface area contributed by atoms with E-state index in [1.165, 1.54) is 6.92 Å². The van der Waals surface area contributed by atoms with Gasteiger partial charge in [0, 0.05) is 12.6 Å². The van der Waals surface area contributed by atoms with E-state index in [2.05, 4.69) is 4.98 Å². The second-order valence-corrected chi connectivity index (χ2v) is 3.79. The largest absolute Gasteiger partial charge is 0.490 e. The van der Waals surface area contributed by atoms with Crippen LogP contribution in [0.5, 0.6) is 0 Å². The first-order valence-corrected chi connectivity index (χ1v) is 5.13. The van der Waals surface area contributed by atoms with E-state index in [1.807, 2.05) is 0 Å². The lowest BCUT2D eigenvalue weighted by molar-refractivity contribution is -0.192. The molecule has 6 nitrogen and oxygen atoms in total. The van der Waals surface area contributed by atoms with Gasteiger partial charge in [-0.05, 0) is 19.4 Å². The number of carboxylic acids is 2. The van der Waals surface area contributed by atoms with Crippen LogP contribution < -0.4 is 0 Å². The molecule has 0 aromatic carbocycles. The Kier molecular flexibility index (Phi) is 5.50. The molecule has 0 atom stereocenters. The number of aromatic amines is 1. The number of carbonyl (C=O) groups is 3. The number of aryl methyl sites for hydroxylation is 1. The summed E-state index contributed by atoms with van der Waals surface area (Å²) in [4.78, 5) is 33.4. The highest BCUT2D eigenvalue weighted by atomic mass is 19.4. The summed E-state index contributed by atoms with van der Waals surface area (Å²) in [5.74, 6) is -3.90. The molecule has 0 radical (unpaired) electrons. The van der Waals surface area contributed by atoms with E-state index >= 15 is 0 Å². The molecule has 20 heavy (non-hydrogen) atoms. The number of alkyl halides is 3. The molecule has 1 rings (SSSR count). The van der Waals surface area contributed by atoms with E-state index in [0.29, 0.717) is 17.0 Å². The summed E-state index contributed by atoms with van der Waals surface area (Å²) in [5, 5.41) is 15.9. The first-order chi connectivity index (χ1) is 8.89. The molecule has 0 saturated carbocycles. The Labute approximate surface area is 111 Å². The minimum absolute atomic E-state index is 0.145. The summed E-state index contributed by atoms with van der Waals surface area (Å²) < 4.78 is 31.7. The predicted octanol–water partition coefficient (Wildman–Crippen LogP) is 2.17. The molecule has 112 valence electrons. The summed E-state index contributed by atoms with van der Waals surface area (Å²) in [6, 6.07) is 0. The van der Waals surface area contributed by atoms with E-state index in [0.717, 1.165) is 0 Å². The molecule has 3 N–H and O–H groups in total. The number of rotatable bonds is 2. The standard InChI is InChI=1S/C9H11NO3.C2HF3O2/c1-4-7(9(12)13)5(2)10-8(4)6(3)11;3-2(4,5)1(6)7/h10H,1-3H3,(H,12,13);(H,6,7). The van der Waals surface area contributed by atoms with Gasteiger partial charge in [-0.3, -0.25) is 4.79 Å². The van der Waals surface area contributed by atoms with Gasteiger partial charge in [-0.15, -0.1) is 0 Å². The fraction of sp³-hybridized carbons (Fsp3) is 0.364. The monoisotopic (exact) mass is 295 g/mol. The quantitative estimate of drug-likeness (QED) is 0.725. The second-order valence-electron chi connectivity index (χ2n) is 3.79. The Hall–Kier alpha value is -2.32. The number of aromatic carboxylic acids is 1. The Morgan fingerprint density at radius 1 is 1.10 bits per heavy atom. The maximum atomic E-state index is 11.0. The third-order valence-corrected chi connectivity index (χ3v) is 2.25. The molecule has 1 aromatic heterocycles. The molecule has 0 saturated heterocycles. The van der Waals surface area contributed by atoms with Gasteiger partial charge >= 0.3 is 18.1 Å². The lowest BCUT2D eigenvalue weighted by Crippen LogP contribution is -2.21. The van der Waals surface area contributed by atoms with Crippen LogP contribution in [-0.2, 0) is 4.79 Å². The number of hydrogen-bond donors (Lipinski definition) is 3. The zero-order valence-corrected chi connectivity index (χ0v) is 10.8. The predicted molar refractivity (Wildman–Crippen MR) is 60.9 cm³/mol. The summed E-state index contributed by atoms with van der Waals surface area (Å²) in [6.45, 7) is 4.68. The van der Waals surface area contributed by atoms with E-state index in [4.69, 9.17) is 15.0 Å². The Bertz CT molecular complexity index is 545. The van der Waals surface area contributed by atoms with E-state index in [9.17, 15) is 22.8 Å². The normalized spacial score (nSPS) is 10.5. The van der Waals surface area contributed by atoms with E-state index in [1.54, 1.807) is 13.8 Å². The number of Topliss-reactive ketones (excluding diaryl/α,β-unsaturated/α-hetero) is 1. The molecule has 0 bridgehead atoms. The zero-order chi connectivity index (χ0) is 16.2. The molecule has 0 spiro atoms. The fourth-order valence-electron chi connectivity index (χ4n) is 1.42. The summed E-state index contributed by atoms with van der Waals surface area (Å²) >= 11 is 0. The second kappa shape index (κ2) is 6.22. The van der Waals surface area contributed by atoms with Gasteiger partial charge in [0.2, 0.25) is 0 Å². The highest BCUT2D eigenvalue weighted by Gasteiger charge is 2.38. The molecule has 1 aromatic rings. The van der Waals surface area contributed by atoms with Crippen molar-refractivity contribution in [2.24, 2.45) is 0 Å². The SMILES string of the molecule is CC(=O)c1[nH]c(C)c(C(=O)O)c1C.O=C(O)C(F)(F)F. The zero-order valence-electron chi connectivity index (χ0n) is 10.8. The lowest BCUT2D eigenvalue weighted by Gasteiger charge is -1.93. The van der Waals surface area contributed by atoms with Gasteiger partial charge in [0.15, 0.2) is 5.78 Å². The van der Waals surface area contributed by atoms with Crippen molar-refractivity contribution < 1.29 is 37.8 Å². The maximum absolute atomic E-state index is 11.0. The number of aliphatic carboxylic acids is 1. The van der Waals surface area contributed by atoms with Gasteiger partial charge in [0.1, 0.15) is 0 Å². The minimum Gasteiger partial charge on any atom is -0.478 e. The highest BCUT2D eigenvalue weighted by molar-refractivity contribution is 5.99. The first kappa shape index (κ1) is 17.7. The van der Waals surface area contributed by atoms with Gasteiger partial charge in [-0.2, -0.15) is 13.2 Å². The van der Waals surface area contributed by atoms with Crippen molar-refractivity contribution in [2.45, 2.75) is 26.9 Å². The maximum Gasteiger partial charge on any atom is 0.490 e. The Balaban J connectivity index is 0.000000441. The van der Waals surface area contributed by atoms with Gasteiger partial charge in [0.05, 0.1) is 11.3 Å². The molecular formula is C11H12F3NO5. The van der Waals surface area contributed by atoms with Crippen molar-refractivity contribution in [3.63, 3.8) is 0 Å². The van der Waals surface area contributed by atoms with Crippen LogP contribution in [0.15, 0.2) is 0 Å². The lowest BCUT2D eigenvalue weighted by atomic mass is 10.1. The van der Waals surface area contributed by atoms with Crippen LogP contribution in [0.4, 0.5) is 13.2 Å². The highest BCUT2D eigenvalue weighted by Crippen LogP contribution is 2.17. The van der Waals surface area contributed by atoms with Crippen LogP contribution in [0.25, 0.3) is 0 Å². The van der Waals surface area contributed by atoms with Gasteiger partial charge in [-0.25, -0.2) is 9.59 Å². The first-order valence-electron chi connectivity index (χ1n) is 5.13. The van der Waals surface area contributed by atoms with Crippen molar-refractivity contribution in [3.05, 3.63) is 22.5 Å². The Morgan fingerprint density at radius 2 is 1.50 bits per heavy atom. The number of halogens is 3. The van der Waals surface area contributed by atoms with Crippen molar-refractivity contribution in [2.75, 3.05) is 0 Å². The van der Waals surface area contributed by atoms with Crippen LogP contribution in [0.1, 0.15) is 39.0 Å². The number of ketones is 1. The van der Waals surface area contributed by atoms with Crippen molar-refractivity contribution >= 4 is 17.7 Å². The van der Waals surface area contributed by atoms with E-state index in [-0.39, 0.29) is 11.3 Å². The third kappa shape index (κ3) is 4.41. The van der Waals surface area contributed by atoms with Crippen LogP contribution in [-0.4, -0.2) is 39.1 Å². The van der Waals surface area contributed by atoms with Gasteiger partial charge in [-0.1, -0.05) is 0 Å². The number of aromatic nitrogens is 1. The molecule has 0 aliphatic carbocycles. The Morgan fingerprint density at radius 3 is 1.65 bits per heavy atom. The molecule has 1 heterocycles. The summed E-state index contributed by atoms with van der Waals surface area (Å²) in [7, 11) is 0. The van der Waals surface area contributed by atoms with Crippen LogP contribution in [0.2, 0.25) is 0 Å². The van der Waals surface area contributed by atoms with Crippen molar-refractivity contribution in [1.29, 1.82) is 0 Å². The average Bonchev–Trinajstić information content (AvgIpc) is 2.53. The summed E-state index contributed by atoms with van der Waals surface area (Å²) in [5.41, 5.74) is 1.62. The molecule has 0 fully saturated rings. The summed E-state index contributed by atoms with van der Waals surface area (Å²) in [6.07, 6.45) is -5.08. The van der Waals surface area contributed by atoms with Gasteiger partial charge in [0.25, 0.3) is 0 Å². The number of carboxylic acid groups (broad SMARTS) is 2. The molecule has 0 aliphatic heterocycles.